The van der Waals surface area contributed by atoms with Crippen molar-refractivity contribution in [2.75, 3.05) is 18.6 Å². The van der Waals surface area contributed by atoms with Gasteiger partial charge in [0.1, 0.15) is 5.75 Å². The third kappa shape index (κ3) is 5.28. The quantitative estimate of drug-likeness (QED) is 0.770. The molecule has 24 heavy (non-hydrogen) atoms. The molecule has 128 valence electrons. The lowest BCUT2D eigenvalue weighted by atomic mass is 10.1. The summed E-state index contributed by atoms with van der Waals surface area (Å²) >= 11 is 1.42. The molecule has 5 heteroatoms. The second-order valence-corrected chi connectivity index (χ2v) is 6.50. The minimum absolute atomic E-state index is 0.0568. The Morgan fingerprint density at radius 2 is 1.83 bits per heavy atom. The number of carbonyl (C=O) groups excluding carboxylic acids is 1. The highest BCUT2D eigenvalue weighted by atomic mass is 32.2. The van der Waals surface area contributed by atoms with Crippen LogP contribution in [-0.4, -0.2) is 29.6 Å². The summed E-state index contributed by atoms with van der Waals surface area (Å²) in [4.78, 5) is 12.1. The Bertz CT molecular complexity index is 648. The molecule has 0 aromatic heterocycles. The largest absolute Gasteiger partial charge is 0.496 e. The van der Waals surface area contributed by atoms with Gasteiger partial charge >= 0.3 is 0 Å². The number of aliphatic hydroxyl groups is 1. The summed E-state index contributed by atoms with van der Waals surface area (Å²) in [6.07, 6.45) is -0.560. The minimum atomic E-state index is -0.560. The van der Waals surface area contributed by atoms with Gasteiger partial charge in [-0.25, -0.2) is 0 Å². The van der Waals surface area contributed by atoms with E-state index in [9.17, 15) is 9.90 Å². The lowest BCUT2D eigenvalue weighted by Crippen LogP contribution is -2.28. The molecule has 4 nitrogen and oxygen atoms in total. The van der Waals surface area contributed by atoms with Crippen molar-refractivity contribution in [3.05, 3.63) is 65.7 Å². The molecule has 0 spiro atoms. The number of hydrogen-bond donors (Lipinski definition) is 2. The van der Waals surface area contributed by atoms with E-state index < -0.39 is 6.10 Å². The van der Waals surface area contributed by atoms with Crippen molar-refractivity contribution in [1.29, 1.82) is 0 Å². The number of aliphatic hydroxyl groups excluding tert-OH is 1. The highest BCUT2D eigenvalue weighted by Gasteiger charge is 2.14. The van der Waals surface area contributed by atoms with E-state index in [1.54, 1.807) is 7.11 Å². The van der Waals surface area contributed by atoms with Gasteiger partial charge in [0.05, 0.1) is 25.0 Å². The van der Waals surface area contributed by atoms with Crippen LogP contribution in [0.4, 0.5) is 0 Å². The van der Waals surface area contributed by atoms with E-state index in [0.717, 1.165) is 16.9 Å². The van der Waals surface area contributed by atoms with Crippen LogP contribution >= 0.6 is 11.8 Å². The predicted octanol–water partition coefficient (Wildman–Crippen LogP) is 3.34. The third-order valence-electron chi connectivity index (χ3n) is 3.68. The molecule has 1 amide bonds. The molecule has 0 aliphatic rings. The van der Waals surface area contributed by atoms with Crippen molar-refractivity contribution in [2.45, 2.75) is 19.1 Å². The fraction of sp³-hybridized carbons (Fsp3) is 0.316. The molecule has 0 aliphatic heterocycles. The molecule has 2 aromatic rings. The highest BCUT2D eigenvalue weighted by Crippen LogP contribution is 2.24. The fourth-order valence-corrected chi connectivity index (χ4v) is 3.22. The van der Waals surface area contributed by atoms with Gasteiger partial charge in [0.15, 0.2) is 0 Å². The third-order valence-corrected chi connectivity index (χ3v) is 4.69. The van der Waals surface area contributed by atoms with Gasteiger partial charge in [-0.05, 0) is 18.6 Å². The molecular formula is C19H23NO3S. The smallest absolute Gasteiger partial charge is 0.230 e. The first-order valence-electron chi connectivity index (χ1n) is 7.85. The van der Waals surface area contributed by atoms with Gasteiger partial charge in [0.2, 0.25) is 5.91 Å². The summed E-state index contributed by atoms with van der Waals surface area (Å²) in [5, 5.41) is 13.1. The number of benzene rings is 2. The normalized spacial score (nSPS) is 13.1. The molecule has 0 bridgehead atoms. The number of rotatable bonds is 8. The SMILES string of the molecule is COc1ccccc1[C@@H](C)NC(=O)CSC[C@@H](O)c1ccccc1. The molecule has 0 heterocycles. The summed E-state index contributed by atoms with van der Waals surface area (Å²) in [7, 11) is 1.62. The number of methoxy groups -OCH3 is 1. The molecule has 0 radical (unpaired) electrons. The van der Waals surface area contributed by atoms with Crippen LogP contribution in [-0.2, 0) is 4.79 Å². The second-order valence-electron chi connectivity index (χ2n) is 5.47. The summed E-state index contributed by atoms with van der Waals surface area (Å²) in [5.74, 6) is 1.50. The van der Waals surface area contributed by atoms with Crippen molar-refractivity contribution in [1.82, 2.24) is 5.32 Å². The van der Waals surface area contributed by atoms with E-state index in [2.05, 4.69) is 5.32 Å². The Balaban J connectivity index is 1.79. The van der Waals surface area contributed by atoms with Gasteiger partial charge in [-0.1, -0.05) is 48.5 Å². The molecule has 2 N–H and O–H groups in total. The van der Waals surface area contributed by atoms with Crippen molar-refractivity contribution in [3.8, 4) is 5.75 Å². The number of nitrogens with one attached hydrogen (secondary N) is 1. The van der Waals surface area contributed by atoms with Crippen molar-refractivity contribution in [2.24, 2.45) is 0 Å². The Kier molecular flexibility index (Phi) is 7.15. The Morgan fingerprint density at radius 3 is 2.54 bits per heavy atom. The van der Waals surface area contributed by atoms with Crippen LogP contribution in [0.15, 0.2) is 54.6 Å². The van der Waals surface area contributed by atoms with E-state index in [1.165, 1.54) is 11.8 Å². The van der Waals surface area contributed by atoms with Gasteiger partial charge in [0.25, 0.3) is 0 Å². The first-order chi connectivity index (χ1) is 11.6. The van der Waals surface area contributed by atoms with Crippen LogP contribution < -0.4 is 10.1 Å². The Morgan fingerprint density at radius 1 is 1.17 bits per heavy atom. The maximum Gasteiger partial charge on any atom is 0.230 e. The van der Waals surface area contributed by atoms with Crippen LogP contribution in [0.3, 0.4) is 0 Å². The average molecular weight is 345 g/mol. The molecule has 0 saturated heterocycles. The molecule has 0 unspecified atom stereocenters. The van der Waals surface area contributed by atoms with Gasteiger partial charge < -0.3 is 15.2 Å². The zero-order valence-electron chi connectivity index (χ0n) is 13.9. The molecule has 0 fully saturated rings. The first kappa shape index (κ1) is 18.4. The summed E-state index contributed by atoms with van der Waals surface area (Å²) in [6.45, 7) is 1.93. The zero-order chi connectivity index (χ0) is 17.4. The number of para-hydroxylation sites is 1. The van der Waals surface area contributed by atoms with Gasteiger partial charge in [-0.15, -0.1) is 11.8 Å². The monoisotopic (exact) mass is 345 g/mol. The summed E-state index contributed by atoms with van der Waals surface area (Å²) in [5.41, 5.74) is 1.82. The van der Waals surface area contributed by atoms with E-state index in [0.29, 0.717) is 11.5 Å². The van der Waals surface area contributed by atoms with E-state index >= 15 is 0 Å². The molecule has 2 aromatic carbocycles. The zero-order valence-corrected chi connectivity index (χ0v) is 14.8. The van der Waals surface area contributed by atoms with E-state index in [1.807, 2.05) is 61.5 Å². The standard InChI is InChI=1S/C19H23NO3S/c1-14(16-10-6-7-11-18(16)23-2)20-19(22)13-24-12-17(21)15-8-4-3-5-9-15/h3-11,14,17,21H,12-13H2,1-2H3,(H,20,22)/t14-,17-/m1/s1. The maximum absolute atomic E-state index is 12.1. The van der Waals surface area contributed by atoms with Crippen LogP contribution in [0.25, 0.3) is 0 Å². The number of ether oxygens (including phenoxy) is 1. The summed E-state index contributed by atoms with van der Waals surface area (Å²) in [6, 6.07) is 17.0. The van der Waals surface area contributed by atoms with Crippen LogP contribution in [0.5, 0.6) is 5.75 Å². The average Bonchev–Trinajstić information content (AvgIpc) is 2.62. The highest BCUT2D eigenvalue weighted by molar-refractivity contribution is 7.99. The summed E-state index contributed by atoms with van der Waals surface area (Å²) < 4.78 is 5.32. The lowest BCUT2D eigenvalue weighted by Gasteiger charge is -2.17. The second kappa shape index (κ2) is 9.35. The molecule has 2 rings (SSSR count). The Hall–Kier alpha value is -1.98. The maximum atomic E-state index is 12.1. The van der Waals surface area contributed by atoms with Crippen molar-refractivity contribution >= 4 is 17.7 Å². The van der Waals surface area contributed by atoms with Crippen LogP contribution in [0, 0.1) is 0 Å². The van der Waals surface area contributed by atoms with Crippen LogP contribution in [0.2, 0.25) is 0 Å². The van der Waals surface area contributed by atoms with E-state index in [-0.39, 0.29) is 11.9 Å². The van der Waals surface area contributed by atoms with Gasteiger partial charge in [0, 0.05) is 11.3 Å². The fourth-order valence-electron chi connectivity index (χ4n) is 2.42. The number of amides is 1. The van der Waals surface area contributed by atoms with Gasteiger partial charge in [-0.2, -0.15) is 0 Å². The Labute approximate surface area is 147 Å². The van der Waals surface area contributed by atoms with Crippen LogP contribution in [0.1, 0.15) is 30.2 Å². The van der Waals surface area contributed by atoms with Crippen molar-refractivity contribution < 1.29 is 14.6 Å². The predicted molar refractivity (Wildman–Crippen MR) is 98.3 cm³/mol. The van der Waals surface area contributed by atoms with E-state index in [4.69, 9.17) is 4.74 Å². The van der Waals surface area contributed by atoms with Gasteiger partial charge in [-0.3, -0.25) is 4.79 Å². The number of thioether (sulfide) groups is 1. The molecule has 0 aliphatic carbocycles. The first-order valence-corrected chi connectivity index (χ1v) is 9.00. The lowest BCUT2D eigenvalue weighted by molar-refractivity contribution is -0.119. The number of hydrogen-bond acceptors (Lipinski definition) is 4. The topological polar surface area (TPSA) is 58.6 Å². The minimum Gasteiger partial charge on any atom is -0.496 e. The molecule has 2 atom stereocenters. The molecule has 0 saturated carbocycles. The van der Waals surface area contributed by atoms with Crippen molar-refractivity contribution in [3.63, 3.8) is 0 Å². The number of carbonyl (C=O) groups is 1. The molecular weight excluding hydrogens is 322 g/mol.